The summed E-state index contributed by atoms with van der Waals surface area (Å²) in [7, 11) is 3.03. The van der Waals surface area contributed by atoms with Crippen LogP contribution in [0.3, 0.4) is 0 Å². The predicted octanol–water partition coefficient (Wildman–Crippen LogP) is 1.53. The maximum absolute atomic E-state index is 11.2. The minimum atomic E-state index is -3.69. The van der Waals surface area contributed by atoms with Crippen molar-refractivity contribution in [1.82, 2.24) is 0 Å². The highest BCUT2D eigenvalue weighted by molar-refractivity contribution is 8.13. The van der Waals surface area contributed by atoms with Gasteiger partial charge in [-0.1, -0.05) is 0 Å². The quantitative estimate of drug-likeness (QED) is 0.785. The molecule has 0 bridgehead atoms. The lowest BCUT2D eigenvalue weighted by Crippen LogP contribution is -2.17. The van der Waals surface area contributed by atoms with Crippen molar-refractivity contribution in [2.24, 2.45) is 0 Å². The summed E-state index contributed by atoms with van der Waals surface area (Å²) in [5.41, 5.74) is 0.389. The Kier molecular flexibility index (Phi) is 3.35. The molecule has 0 unspecified atom stereocenters. The van der Waals surface area contributed by atoms with Gasteiger partial charge in [-0.25, -0.2) is 8.42 Å². The average molecular weight is 279 g/mol. The molecular formula is C10H11ClO5S. The van der Waals surface area contributed by atoms with Crippen LogP contribution in [0.2, 0.25) is 0 Å². The summed E-state index contributed by atoms with van der Waals surface area (Å²) in [4.78, 5) is 0. The van der Waals surface area contributed by atoms with Gasteiger partial charge in [-0.2, -0.15) is 0 Å². The summed E-state index contributed by atoms with van der Waals surface area (Å²) in [5.74, 6) is 0.954. The molecule has 0 spiro atoms. The zero-order chi connectivity index (χ0) is 12.5. The Balaban J connectivity index is 2.52. The summed E-state index contributed by atoms with van der Waals surface area (Å²) >= 11 is 0. The van der Waals surface area contributed by atoms with Crippen molar-refractivity contribution in [2.75, 3.05) is 20.3 Å². The van der Waals surface area contributed by atoms with E-state index in [1.165, 1.54) is 7.11 Å². The lowest BCUT2D eigenvalue weighted by atomic mass is 10.1. The van der Waals surface area contributed by atoms with E-state index in [9.17, 15) is 8.42 Å². The highest BCUT2D eigenvalue weighted by Gasteiger charge is 2.23. The molecule has 0 N–H and O–H groups in total. The number of benzene rings is 1. The molecule has 0 amide bonds. The second-order valence-corrected chi connectivity index (χ2v) is 6.23. The summed E-state index contributed by atoms with van der Waals surface area (Å²) < 4.78 is 38.2. The molecule has 94 valence electrons. The van der Waals surface area contributed by atoms with Crippen LogP contribution in [0.25, 0.3) is 0 Å². The first-order valence-electron chi connectivity index (χ1n) is 4.89. The average Bonchev–Trinajstić information content (AvgIpc) is 2.28. The molecule has 0 atom stereocenters. The molecule has 0 aliphatic carbocycles. The fourth-order valence-corrected chi connectivity index (χ4v) is 2.60. The van der Waals surface area contributed by atoms with Crippen LogP contribution in [0.5, 0.6) is 17.2 Å². The highest BCUT2D eigenvalue weighted by atomic mass is 35.7. The molecule has 0 saturated carbocycles. The third-order valence-corrected chi connectivity index (χ3v) is 3.27. The third kappa shape index (κ3) is 2.76. The van der Waals surface area contributed by atoms with Crippen LogP contribution < -0.4 is 14.2 Å². The maximum Gasteiger partial charge on any atom is 0.237 e. The fraction of sp³-hybridized carbons (Fsp3) is 0.400. The first kappa shape index (κ1) is 12.3. The van der Waals surface area contributed by atoms with Gasteiger partial charge in [0.05, 0.1) is 18.4 Å². The molecule has 2 rings (SSSR count). The van der Waals surface area contributed by atoms with Gasteiger partial charge in [-0.05, 0) is 12.1 Å². The molecule has 17 heavy (non-hydrogen) atoms. The predicted molar refractivity (Wildman–Crippen MR) is 62.5 cm³/mol. The van der Waals surface area contributed by atoms with E-state index in [-0.39, 0.29) is 5.75 Å². The Bertz CT molecular complexity index is 526. The normalized spacial score (nSPS) is 14.5. The van der Waals surface area contributed by atoms with Crippen molar-refractivity contribution in [1.29, 1.82) is 0 Å². The molecule has 0 fully saturated rings. The molecule has 1 aliphatic heterocycles. The molecule has 7 heteroatoms. The first-order valence-corrected chi connectivity index (χ1v) is 7.37. The van der Waals surface area contributed by atoms with E-state index in [0.717, 1.165) is 0 Å². The van der Waals surface area contributed by atoms with Gasteiger partial charge in [0.15, 0.2) is 11.5 Å². The number of methoxy groups -OCH3 is 1. The SMILES string of the molecule is COc1ccc2c(c1CS(=O)(=O)Cl)OCCO2. The summed E-state index contributed by atoms with van der Waals surface area (Å²) in [6.45, 7) is 0.807. The van der Waals surface area contributed by atoms with Gasteiger partial charge in [0.2, 0.25) is 9.05 Å². The van der Waals surface area contributed by atoms with Crippen LogP contribution in [0, 0.1) is 0 Å². The molecule has 0 radical (unpaired) electrons. The molecular weight excluding hydrogens is 268 g/mol. The molecule has 1 aliphatic rings. The zero-order valence-electron chi connectivity index (χ0n) is 9.10. The van der Waals surface area contributed by atoms with Crippen LogP contribution in [-0.2, 0) is 14.8 Å². The Hall–Kier alpha value is -1.14. The monoisotopic (exact) mass is 278 g/mol. The minimum absolute atomic E-state index is 0.357. The highest BCUT2D eigenvalue weighted by Crippen LogP contribution is 2.40. The van der Waals surface area contributed by atoms with E-state index in [1.54, 1.807) is 12.1 Å². The van der Waals surface area contributed by atoms with E-state index >= 15 is 0 Å². The molecule has 1 aromatic rings. The second kappa shape index (κ2) is 4.62. The Morgan fingerprint density at radius 3 is 2.71 bits per heavy atom. The Morgan fingerprint density at radius 1 is 1.35 bits per heavy atom. The summed E-state index contributed by atoms with van der Waals surface area (Å²) in [6.07, 6.45) is 0. The summed E-state index contributed by atoms with van der Waals surface area (Å²) in [6, 6.07) is 3.31. The molecule has 1 heterocycles. The molecule has 1 aromatic carbocycles. The van der Waals surface area contributed by atoms with Crippen molar-refractivity contribution in [3.63, 3.8) is 0 Å². The lowest BCUT2D eigenvalue weighted by molar-refractivity contribution is 0.169. The zero-order valence-corrected chi connectivity index (χ0v) is 10.7. The fourth-order valence-electron chi connectivity index (χ4n) is 1.66. The van der Waals surface area contributed by atoms with Crippen molar-refractivity contribution in [3.05, 3.63) is 17.7 Å². The number of hydrogen-bond acceptors (Lipinski definition) is 5. The van der Waals surface area contributed by atoms with E-state index in [1.807, 2.05) is 0 Å². The van der Waals surface area contributed by atoms with Crippen molar-refractivity contribution >= 4 is 19.7 Å². The van der Waals surface area contributed by atoms with Gasteiger partial charge in [0, 0.05) is 10.7 Å². The first-order chi connectivity index (χ1) is 8.01. The summed E-state index contributed by atoms with van der Waals surface area (Å²) in [5, 5.41) is 0. The third-order valence-electron chi connectivity index (χ3n) is 2.31. The van der Waals surface area contributed by atoms with Gasteiger partial charge in [-0.3, -0.25) is 0 Å². The van der Waals surface area contributed by atoms with Gasteiger partial charge < -0.3 is 14.2 Å². The number of fused-ring (bicyclic) bond motifs is 1. The topological polar surface area (TPSA) is 61.8 Å². The number of ether oxygens (including phenoxy) is 3. The minimum Gasteiger partial charge on any atom is -0.496 e. The molecule has 0 aromatic heterocycles. The van der Waals surface area contributed by atoms with Crippen molar-refractivity contribution in [2.45, 2.75) is 5.75 Å². The van der Waals surface area contributed by atoms with Crippen molar-refractivity contribution < 1.29 is 22.6 Å². The number of rotatable bonds is 3. The van der Waals surface area contributed by atoms with Crippen LogP contribution in [0.1, 0.15) is 5.56 Å². The largest absolute Gasteiger partial charge is 0.496 e. The van der Waals surface area contributed by atoms with Crippen LogP contribution >= 0.6 is 10.7 Å². The van der Waals surface area contributed by atoms with E-state index in [4.69, 9.17) is 24.9 Å². The van der Waals surface area contributed by atoms with Gasteiger partial charge >= 0.3 is 0 Å². The maximum atomic E-state index is 11.2. The smallest absolute Gasteiger partial charge is 0.237 e. The number of halogens is 1. The van der Waals surface area contributed by atoms with Crippen LogP contribution in [-0.4, -0.2) is 28.7 Å². The number of hydrogen-bond donors (Lipinski definition) is 0. The van der Waals surface area contributed by atoms with E-state index in [0.29, 0.717) is 36.0 Å². The van der Waals surface area contributed by atoms with Gasteiger partial charge in [0.25, 0.3) is 0 Å². The van der Waals surface area contributed by atoms with Crippen molar-refractivity contribution in [3.8, 4) is 17.2 Å². The molecule has 0 saturated heterocycles. The van der Waals surface area contributed by atoms with Gasteiger partial charge in [-0.15, -0.1) is 0 Å². The van der Waals surface area contributed by atoms with Crippen LogP contribution in [0.15, 0.2) is 12.1 Å². The molecule has 5 nitrogen and oxygen atoms in total. The standard InChI is InChI=1S/C10H11ClO5S/c1-14-8-2-3-9-10(16-5-4-15-9)7(8)6-17(11,12)13/h2-3H,4-6H2,1H3. The Morgan fingerprint density at radius 2 is 2.06 bits per heavy atom. The van der Waals surface area contributed by atoms with Crippen LogP contribution in [0.4, 0.5) is 0 Å². The lowest BCUT2D eigenvalue weighted by Gasteiger charge is -2.22. The Labute approximate surface area is 104 Å². The van der Waals surface area contributed by atoms with Gasteiger partial charge in [0.1, 0.15) is 19.0 Å². The van der Waals surface area contributed by atoms with E-state index < -0.39 is 9.05 Å². The second-order valence-electron chi connectivity index (χ2n) is 3.45. The van der Waals surface area contributed by atoms with E-state index in [2.05, 4.69) is 0 Å².